The number of anilines is 2. The Bertz CT molecular complexity index is 892. The first kappa shape index (κ1) is 18.6. The first-order valence-electron chi connectivity index (χ1n) is 9.08. The number of amides is 1. The second-order valence-electron chi connectivity index (χ2n) is 6.76. The molecule has 0 saturated carbocycles. The number of carbonyl (C=O) groups is 1. The lowest BCUT2D eigenvalue weighted by molar-refractivity contribution is 0.0934. The molecule has 0 saturated heterocycles. The molecule has 3 aromatic rings. The van der Waals surface area contributed by atoms with Gasteiger partial charge in [0, 0.05) is 5.69 Å². The SMILES string of the molecule is CC(C)c1ccccc1Nc1cnc(C(=O)NC(C)c2ccccc2)cn1. The third-order valence-corrected chi connectivity index (χ3v) is 4.38. The van der Waals surface area contributed by atoms with E-state index in [-0.39, 0.29) is 11.9 Å². The van der Waals surface area contributed by atoms with Crippen molar-refractivity contribution >= 4 is 17.4 Å². The van der Waals surface area contributed by atoms with Crippen molar-refractivity contribution < 1.29 is 4.79 Å². The average molecular weight is 360 g/mol. The summed E-state index contributed by atoms with van der Waals surface area (Å²) in [5.74, 6) is 0.759. The van der Waals surface area contributed by atoms with Gasteiger partial charge in [-0.1, -0.05) is 62.4 Å². The number of nitrogens with one attached hydrogen (secondary N) is 2. The molecule has 138 valence electrons. The molecule has 2 aromatic carbocycles. The number of benzene rings is 2. The van der Waals surface area contributed by atoms with Crippen LogP contribution in [0.4, 0.5) is 11.5 Å². The minimum absolute atomic E-state index is 0.101. The van der Waals surface area contributed by atoms with Gasteiger partial charge in [-0.2, -0.15) is 0 Å². The topological polar surface area (TPSA) is 66.9 Å². The van der Waals surface area contributed by atoms with Crippen molar-refractivity contribution in [3.63, 3.8) is 0 Å². The molecule has 2 N–H and O–H groups in total. The number of hydrogen-bond donors (Lipinski definition) is 2. The lowest BCUT2D eigenvalue weighted by atomic mass is 10.0. The Hall–Kier alpha value is -3.21. The number of hydrogen-bond acceptors (Lipinski definition) is 4. The predicted octanol–water partition coefficient (Wildman–Crippen LogP) is 4.83. The third kappa shape index (κ3) is 4.70. The van der Waals surface area contributed by atoms with E-state index in [2.05, 4.69) is 40.5 Å². The number of nitrogens with zero attached hydrogens (tertiary/aromatic N) is 2. The Balaban J connectivity index is 1.68. The van der Waals surface area contributed by atoms with Gasteiger partial charge in [-0.3, -0.25) is 4.79 Å². The Labute approximate surface area is 159 Å². The van der Waals surface area contributed by atoms with Crippen LogP contribution in [0, 0.1) is 0 Å². The summed E-state index contributed by atoms with van der Waals surface area (Å²) in [6.07, 6.45) is 3.08. The van der Waals surface area contributed by atoms with Gasteiger partial charge in [0.15, 0.2) is 0 Å². The average Bonchev–Trinajstić information content (AvgIpc) is 2.69. The van der Waals surface area contributed by atoms with Gasteiger partial charge >= 0.3 is 0 Å². The second-order valence-corrected chi connectivity index (χ2v) is 6.76. The van der Waals surface area contributed by atoms with Crippen LogP contribution in [0.1, 0.15) is 54.3 Å². The van der Waals surface area contributed by atoms with Crippen molar-refractivity contribution in [2.45, 2.75) is 32.7 Å². The number of para-hydroxylation sites is 1. The zero-order valence-electron chi connectivity index (χ0n) is 15.8. The van der Waals surface area contributed by atoms with Crippen molar-refractivity contribution in [2.24, 2.45) is 0 Å². The Morgan fingerprint density at radius 2 is 1.59 bits per heavy atom. The first-order chi connectivity index (χ1) is 13.0. The molecule has 1 amide bonds. The van der Waals surface area contributed by atoms with E-state index in [4.69, 9.17) is 0 Å². The lowest BCUT2D eigenvalue weighted by Crippen LogP contribution is -2.27. The fraction of sp³-hybridized carbons (Fsp3) is 0.227. The largest absolute Gasteiger partial charge is 0.344 e. The van der Waals surface area contributed by atoms with Crippen LogP contribution in [0.15, 0.2) is 67.0 Å². The minimum atomic E-state index is -0.243. The van der Waals surface area contributed by atoms with Crippen molar-refractivity contribution in [3.8, 4) is 0 Å². The lowest BCUT2D eigenvalue weighted by Gasteiger charge is -2.15. The Kier molecular flexibility index (Phi) is 5.81. The zero-order chi connectivity index (χ0) is 19.2. The Morgan fingerprint density at radius 1 is 0.889 bits per heavy atom. The van der Waals surface area contributed by atoms with E-state index in [0.29, 0.717) is 17.4 Å². The van der Waals surface area contributed by atoms with E-state index < -0.39 is 0 Å². The molecule has 1 atom stereocenters. The molecule has 27 heavy (non-hydrogen) atoms. The first-order valence-corrected chi connectivity index (χ1v) is 9.08. The highest BCUT2D eigenvalue weighted by molar-refractivity contribution is 5.92. The van der Waals surface area contributed by atoms with Gasteiger partial charge < -0.3 is 10.6 Å². The molecular formula is C22H24N4O. The maximum atomic E-state index is 12.4. The highest BCUT2D eigenvalue weighted by atomic mass is 16.1. The van der Waals surface area contributed by atoms with Gasteiger partial charge in [0.05, 0.1) is 18.4 Å². The van der Waals surface area contributed by atoms with E-state index in [1.807, 2.05) is 55.5 Å². The maximum Gasteiger partial charge on any atom is 0.271 e. The molecule has 0 fully saturated rings. The molecule has 0 spiro atoms. The van der Waals surface area contributed by atoms with Crippen molar-refractivity contribution in [1.82, 2.24) is 15.3 Å². The van der Waals surface area contributed by atoms with Crippen LogP contribution in [0.25, 0.3) is 0 Å². The molecule has 5 heteroatoms. The molecule has 0 bridgehead atoms. The summed E-state index contributed by atoms with van der Waals surface area (Å²) in [5.41, 5.74) is 3.54. The predicted molar refractivity (Wildman–Crippen MR) is 108 cm³/mol. The van der Waals surface area contributed by atoms with Crippen molar-refractivity contribution in [2.75, 3.05) is 5.32 Å². The highest BCUT2D eigenvalue weighted by Gasteiger charge is 2.13. The van der Waals surface area contributed by atoms with Crippen LogP contribution in [0.2, 0.25) is 0 Å². The normalized spacial score (nSPS) is 11.9. The molecule has 0 radical (unpaired) electrons. The summed E-state index contributed by atoms with van der Waals surface area (Å²) >= 11 is 0. The summed E-state index contributed by atoms with van der Waals surface area (Å²) in [4.78, 5) is 21.0. The highest BCUT2D eigenvalue weighted by Crippen LogP contribution is 2.25. The molecule has 1 unspecified atom stereocenters. The summed E-state index contributed by atoms with van der Waals surface area (Å²) in [6, 6.07) is 17.8. The summed E-state index contributed by atoms with van der Waals surface area (Å²) in [7, 11) is 0. The van der Waals surface area contributed by atoms with Crippen LogP contribution >= 0.6 is 0 Å². The van der Waals surface area contributed by atoms with Crippen molar-refractivity contribution in [3.05, 3.63) is 83.8 Å². The van der Waals surface area contributed by atoms with Crippen LogP contribution < -0.4 is 10.6 Å². The van der Waals surface area contributed by atoms with Crippen LogP contribution in [0.5, 0.6) is 0 Å². The van der Waals surface area contributed by atoms with Crippen LogP contribution in [-0.2, 0) is 0 Å². The van der Waals surface area contributed by atoms with Gasteiger partial charge in [0.25, 0.3) is 5.91 Å². The second kappa shape index (κ2) is 8.45. The van der Waals surface area contributed by atoms with Gasteiger partial charge in [-0.15, -0.1) is 0 Å². The molecule has 3 rings (SSSR count). The van der Waals surface area contributed by atoms with Gasteiger partial charge in [0.1, 0.15) is 11.5 Å². The van der Waals surface area contributed by atoms with E-state index in [1.54, 1.807) is 6.20 Å². The maximum absolute atomic E-state index is 12.4. The van der Waals surface area contributed by atoms with E-state index in [0.717, 1.165) is 11.3 Å². The van der Waals surface area contributed by atoms with E-state index >= 15 is 0 Å². The fourth-order valence-corrected chi connectivity index (χ4v) is 2.86. The molecule has 1 heterocycles. The zero-order valence-corrected chi connectivity index (χ0v) is 15.8. The molecule has 0 aliphatic carbocycles. The smallest absolute Gasteiger partial charge is 0.271 e. The molecule has 1 aromatic heterocycles. The van der Waals surface area contributed by atoms with E-state index in [1.165, 1.54) is 11.8 Å². The monoisotopic (exact) mass is 360 g/mol. The Morgan fingerprint density at radius 3 is 2.26 bits per heavy atom. The molecule has 0 aliphatic heterocycles. The van der Waals surface area contributed by atoms with Gasteiger partial charge in [-0.25, -0.2) is 9.97 Å². The fourth-order valence-electron chi connectivity index (χ4n) is 2.86. The van der Waals surface area contributed by atoms with Crippen LogP contribution in [-0.4, -0.2) is 15.9 Å². The molecule has 0 aliphatic rings. The van der Waals surface area contributed by atoms with Gasteiger partial charge in [-0.05, 0) is 30.0 Å². The number of carbonyl (C=O) groups excluding carboxylic acids is 1. The standard InChI is InChI=1S/C22H24N4O/c1-15(2)18-11-7-8-12-19(18)26-21-14-23-20(13-24-21)22(27)25-16(3)17-9-5-4-6-10-17/h4-16H,1-3H3,(H,24,26)(H,25,27). The van der Waals surface area contributed by atoms with Gasteiger partial charge in [0.2, 0.25) is 0 Å². The minimum Gasteiger partial charge on any atom is -0.344 e. The quantitative estimate of drug-likeness (QED) is 0.660. The van der Waals surface area contributed by atoms with E-state index in [9.17, 15) is 4.79 Å². The number of rotatable bonds is 6. The number of aromatic nitrogens is 2. The summed E-state index contributed by atoms with van der Waals surface area (Å²) in [5, 5.41) is 6.23. The summed E-state index contributed by atoms with van der Waals surface area (Å²) < 4.78 is 0. The molecule has 5 nitrogen and oxygen atoms in total. The third-order valence-electron chi connectivity index (χ3n) is 4.38. The summed E-state index contributed by atoms with van der Waals surface area (Å²) in [6.45, 7) is 6.24. The molecular weight excluding hydrogens is 336 g/mol. The van der Waals surface area contributed by atoms with Crippen molar-refractivity contribution in [1.29, 1.82) is 0 Å². The van der Waals surface area contributed by atoms with Crippen LogP contribution in [0.3, 0.4) is 0 Å².